The maximum atomic E-state index is 10.1. The molecule has 1 aromatic carbocycles. The second kappa shape index (κ2) is 4.34. The number of hydrogen-bond donors (Lipinski definition) is 0. The molecule has 0 aliphatic heterocycles. The molecule has 0 amide bonds. The molecule has 0 saturated heterocycles. The van der Waals surface area contributed by atoms with Crippen LogP contribution in [0.2, 0.25) is 0 Å². The third kappa shape index (κ3) is 2.19. The van der Waals surface area contributed by atoms with Crippen LogP contribution in [0, 0.1) is 0 Å². The van der Waals surface area contributed by atoms with Gasteiger partial charge in [0.1, 0.15) is 0 Å². The minimum absolute atomic E-state index is 0.188. The SMILES string of the molecule is [O-]OC(CCl)c1ccccc1. The summed E-state index contributed by atoms with van der Waals surface area (Å²) in [6.07, 6.45) is -0.530. The van der Waals surface area contributed by atoms with Crippen molar-refractivity contribution in [1.29, 1.82) is 0 Å². The van der Waals surface area contributed by atoms with Crippen LogP contribution in [0.3, 0.4) is 0 Å². The van der Waals surface area contributed by atoms with E-state index in [-0.39, 0.29) is 5.88 Å². The largest absolute Gasteiger partial charge is 0.723 e. The van der Waals surface area contributed by atoms with Crippen LogP contribution in [0.4, 0.5) is 0 Å². The lowest BCUT2D eigenvalue weighted by Crippen LogP contribution is -2.14. The summed E-state index contributed by atoms with van der Waals surface area (Å²) >= 11 is 5.48. The Hall–Kier alpha value is -0.570. The van der Waals surface area contributed by atoms with Crippen molar-refractivity contribution in [3.63, 3.8) is 0 Å². The van der Waals surface area contributed by atoms with E-state index in [1.54, 1.807) is 0 Å². The molecule has 3 heteroatoms. The average Bonchev–Trinajstić information content (AvgIpc) is 2.09. The van der Waals surface area contributed by atoms with Crippen molar-refractivity contribution >= 4 is 11.6 Å². The van der Waals surface area contributed by atoms with Crippen LogP contribution in [0.1, 0.15) is 11.7 Å². The molecule has 0 radical (unpaired) electrons. The molecule has 0 aromatic heterocycles. The van der Waals surface area contributed by atoms with Crippen LogP contribution in [-0.4, -0.2) is 5.88 Å². The summed E-state index contributed by atoms with van der Waals surface area (Å²) < 4.78 is 0. The van der Waals surface area contributed by atoms with Crippen LogP contribution in [-0.2, 0) is 4.89 Å². The Balaban J connectivity index is 2.74. The first-order valence-corrected chi connectivity index (χ1v) is 3.81. The number of alkyl halides is 1. The lowest BCUT2D eigenvalue weighted by Gasteiger charge is -2.18. The highest BCUT2D eigenvalue weighted by Crippen LogP contribution is 2.15. The normalized spacial score (nSPS) is 12.9. The van der Waals surface area contributed by atoms with E-state index in [9.17, 15) is 5.26 Å². The van der Waals surface area contributed by atoms with E-state index in [1.165, 1.54) is 0 Å². The summed E-state index contributed by atoms with van der Waals surface area (Å²) in [5, 5.41) is 10.1. The zero-order valence-electron chi connectivity index (χ0n) is 5.87. The third-order valence-electron chi connectivity index (χ3n) is 1.43. The quantitative estimate of drug-likeness (QED) is 0.390. The molecular weight excluding hydrogens is 164 g/mol. The zero-order valence-corrected chi connectivity index (χ0v) is 6.62. The van der Waals surface area contributed by atoms with Gasteiger partial charge in [-0.15, -0.1) is 11.6 Å². The van der Waals surface area contributed by atoms with Gasteiger partial charge in [0.2, 0.25) is 0 Å². The lowest BCUT2D eigenvalue weighted by atomic mass is 10.1. The number of benzene rings is 1. The molecule has 0 N–H and O–H groups in total. The van der Waals surface area contributed by atoms with Gasteiger partial charge in [-0.3, -0.25) is 0 Å². The fourth-order valence-corrected chi connectivity index (χ4v) is 1.07. The van der Waals surface area contributed by atoms with E-state index in [0.29, 0.717) is 0 Å². The predicted octanol–water partition coefficient (Wildman–Crippen LogP) is 1.26. The van der Waals surface area contributed by atoms with E-state index >= 15 is 0 Å². The molecule has 0 heterocycles. The zero-order chi connectivity index (χ0) is 8.10. The van der Waals surface area contributed by atoms with E-state index in [4.69, 9.17) is 11.6 Å². The molecule has 1 unspecified atom stereocenters. The Morgan fingerprint density at radius 1 is 1.36 bits per heavy atom. The molecule has 1 aromatic rings. The smallest absolute Gasteiger partial charge is 0.0836 e. The highest BCUT2D eigenvalue weighted by molar-refractivity contribution is 6.18. The van der Waals surface area contributed by atoms with Crippen molar-refractivity contribution in [3.05, 3.63) is 35.9 Å². The molecule has 60 valence electrons. The summed E-state index contributed by atoms with van der Waals surface area (Å²) in [4.78, 5) is 3.90. The monoisotopic (exact) mass is 171 g/mol. The van der Waals surface area contributed by atoms with Gasteiger partial charge in [-0.25, -0.2) is 0 Å². The Morgan fingerprint density at radius 2 is 2.00 bits per heavy atom. The highest BCUT2D eigenvalue weighted by atomic mass is 35.5. The molecule has 11 heavy (non-hydrogen) atoms. The average molecular weight is 172 g/mol. The summed E-state index contributed by atoms with van der Waals surface area (Å²) in [6, 6.07) is 9.18. The molecule has 1 rings (SSSR count). The van der Waals surface area contributed by atoms with Crippen molar-refractivity contribution in [3.8, 4) is 0 Å². The molecular formula is C8H8ClO2-. The first kappa shape index (κ1) is 8.53. The maximum Gasteiger partial charge on any atom is 0.0836 e. The number of halogens is 1. The predicted molar refractivity (Wildman–Crippen MR) is 41.0 cm³/mol. The van der Waals surface area contributed by atoms with Gasteiger partial charge in [0, 0.05) is 0 Å². The number of rotatable bonds is 3. The molecule has 1 atom stereocenters. The van der Waals surface area contributed by atoms with Crippen molar-refractivity contribution in [2.45, 2.75) is 6.10 Å². The fraction of sp³-hybridized carbons (Fsp3) is 0.250. The lowest BCUT2D eigenvalue weighted by molar-refractivity contribution is -0.703. The van der Waals surface area contributed by atoms with Crippen LogP contribution >= 0.6 is 11.6 Å². The third-order valence-corrected chi connectivity index (χ3v) is 1.71. The van der Waals surface area contributed by atoms with E-state index in [1.807, 2.05) is 30.3 Å². The van der Waals surface area contributed by atoms with E-state index < -0.39 is 6.10 Å². The van der Waals surface area contributed by atoms with Gasteiger partial charge < -0.3 is 10.1 Å². The molecule has 0 bridgehead atoms. The van der Waals surface area contributed by atoms with Gasteiger partial charge in [0.25, 0.3) is 0 Å². The van der Waals surface area contributed by atoms with Gasteiger partial charge >= 0.3 is 0 Å². The number of hydrogen-bond acceptors (Lipinski definition) is 2. The molecule has 0 aliphatic rings. The van der Waals surface area contributed by atoms with Gasteiger partial charge in [-0.1, -0.05) is 30.3 Å². The van der Waals surface area contributed by atoms with E-state index in [0.717, 1.165) is 5.56 Å². The first-order chi connectivity index (χ1) is 5.38. The Morgan fingerprint density at radius 3 is 2.45 bits per heavy atom. The van der Waals surface area contributed by atoms with Crippen molar-refractivity contribution in [2.75, 3.05) is 5.88 Å². The summed E-state index contributed by atoms with van der Waals surface area (Å²) in [7, 11) is 0. The minimum Gasteiger partial charge on any atom is -0.723 e. The van der Waals surface area contributed by atoms with Gasteiger partial charge in [0.05, 0.1) is 12.0 Å². The van der Waals surface area contributed by atoms with Crippen molar-refractivity contribution in [1.82, 2.24) is 0 Å². The Kier molecular flexibility index (Phi) is 3.36. The molecule has 0 fully saturated rings. The minimum atomic E-state index is -0.530. The van der Waals surface area contributed by atoms with Gasteiger partial charge in [-0.05, 0) is 5.56 Å². The maximum absolute atomic E-state index is 10.1. The van der Waals surface area contributed by atoms with E-state index in [2.05, 4.69) is 4.89 Å². The molecule has 0 aliphatic carbocycles. The van der Waals surface area contributed by atoms with Crippen LogP contribution in [0.15, 0.2) is 30.3 Å². The Bertz CT molecular complexity index is 197. The van der Waals surface area contributed by atoms with Gasteiger partial charge in [0.15, 0.2) is 0 Å². The molecule has 2 nitrogen and oxygen atoms in total. The second-order valence-corrected chi connectivity index (χ2v) is 2.46. The summed E-state index contributed by atoms with van der Waals surface area (Å²) in [6.45, 7) is 0. The van der Waals surface area contributed by atoms with Crippen LogP contribution in [0.25, 0.3) is 0 Å². The van der Waals surface area contributed by atoms with Crippen LogP contribution < -0.4 is 5.26 Å². The van der Waals surface area contributed by atoms with Crippen LogP contribution in [0.5, 0.6) is 0 Å². The molecule has 0 spiro atoms. The highest BCUT2D eigenvalue weighted by Gasteiger charge is 2.04. The topological polar surface area (TPSA) is 32.3 Å². The Labute approximate surface area is 70.3 Å². The van der Waals surface area contributed by atoms with Crippen molar-refractivity contribution < 1.29 is 10.1 Å². The second-order valence-electron chi connectivity index (χ2n) is 2.15. The standard InChI is InChI=1S/C8H9ClO2/c9-6-8(11-10)7-4-2-1-3-5-7/h1-5,8,10H,6H2/p-1. The summed E-state index contributed by atoms with van der Waals surface area (Å²) in [5.74, 6) is 0.188. The first-order valence-electron chi connectivity index (χ1n) is 3.28. The summed E-state index contributed by atoms with van der Waals surface area (Å²) in [5.41, 5.74) is 0.817. The fourth-order valence-electron chi connectivity index (χ4n) is 0.838. The van der Waals surface area contributed by atoms with Crippen molar-refractivity contribution in [2.24, 2.45) is 0 Å². The van der Waals surface area contributed by atoms with Gasteiger partial charge in [-0.2, -0.15) is 0 Å². The molecule has 0 saturated carbocycles.